The van der Waals surface area contributed by atoms with Gasteiger partial charge in [-0.05, 0) is 61.2 Å². The molecule has 2 aromatic rings. The zero-order valence-electron chi connectivity index (χ0n) is 19.5. The summed E-state index contributed by atoms with van der Waals surface area (Å²) in [5.41, 5.74) is 6.32. The number of nitrogens with one attached hydrogen (secondary N) is 1. The summed E-state index contributed by atoms with van der Waals surface area (Å²) in [4.78, 5) is 4.79. The van der Waals surface area contributed by atoms with Crippen LogP contribution in [0.15, 0.2) is 42.5 Å². The Kier molecular flexibility index (Phi) is 8.88. The van der Waals surface area contributed by atoms with Crippen LogP contribution in [-0.4, -0.2) is 54.3 Å². The maximum absolute atomic E-state index is 5.90. The maximum atomic E-state index is 5.90. The van der Waals surface area contributed by atoms with Gasteiger partial charge in [0, 0.05) is 38.4 Å². The van der Waals surface area contributed by atoms with Crippen molar-refractivity contribution in [1.29, 1.82) is 0 Å². The van der Waals surface area contributed by atoms with Gasteiger partial charge in [-0.2, -0.15) is 0 Å². The van der Waals surface area contributed by atoms with E-state index in [0.717, 1.165) is 63.2 Å². The Labute approximate surface area is 193 Å². The van der Waals surface area contributed by atoms with Crippen LogP contribution in [0.2, 0.25) is 0 Å². The number of aryl methyl sites for hydroxylation is 1. The number of morpholine rings is 1. The molecule has 31 heavy (non-hydrogen) atoms. The molecule has 0 spiro atoms. The van der Waals surface area contributed by atoms with Gasteiger partial charge in [-0.1, -0.05) is 55.8 Å². The van der Waals surface area contributed by atoms with Crippen molar-refractivity contribution in [2.45, 2.75) is 46.6 Å². The van der Waals surface area contributed by atoms with Crippen LogP contribution in [0.4, 0.5) is 5.69 Å². The molecule has 3 rings (SSSR count). The van der Waals surface area contributed by atoms with Crippen LogP contribution >= 0.6 is 12.2 Å². The van der Waals surface area contributed by atoms with Crippen molar-refractivity contribution in [1.82, 2.24) is 9.80 Å². The van der Waals surface area contributed by atoms with E-state index >= 15 is 0 Å². The van der Waals surface area contributed by atoms with Crippen molar-refractivity contribution < 1.29 is 4.74 Å². The zero-order chi connectivity index (χ0) is 22.2. The van der Waals surface area contributed by atoms with Gasteiger partial charge in [0.15, 0.2) is 5.11 Å². The SMILES string of the molecule is Cc1ccc(CN(CCCN2CCOCC2)C(=S)Nc2cccc(C(C)C)c2C)cc1. The van der Waals surface area contributed by atoms with Crippen molar-refractivity contribution in [3.63, 3.8) is 0 Å². The molecule has 5 heteroatoms. The zero-order valence-corrected chi connectivity index (χ0v) is 20.3. The van der Waals surface area contributed by atoms with Gasteiger partial charge in [0.05, 0.1) is 13.2 Å². The molecule has 1 heterocycles. The average molecular weight is 440 g/mol. The second-order valence-electron chi connectivity index (χ2n) is 8.82. The standard InChI is InChI=1S/C26H37N3OS/c1-20(2)24-7-5-8-25(22(24)4)27-26(31)29(19-23-11-9-21(3)10-12-23)14-6-13-28-15-17-30-18-16-28/h5,7-12,20H,6,13-19H2,1-4H3,(H,27,31). The normalized spacial score (nSPS) is 14.6. The minimum Gasteiger partial charge on any atom is -0.379 e. The Balaban J connectivity index is 1.68. The molecule has 168 valence electrons. The van der Waals surface area contributed by atoms with E-state index in [4.69, 9.17) is 17.0 Å². The predicted molar refractivity (Wildman–Crippen MR) is 135 cm³/mol. The minimum atomic E-state index is 0.493. The molecule has 4 nitrogen and oxygen atoms in total. The summed E-state index contributed by atoms with van der Waals surface area (Å²) in [6.07, 6.45) is 1.08. The van der Waals surface area contributed by atoms with E-state index in [0.29, 0.717) is 5.92 Å². The Bertz CT molecular complexity index is 844. The number of hydrogen-bond donors (Lipinski definition) is 1. The molecule has 1 saturated heterocycles. The van der Waals surface area contributed by atoms with Crippen molar-refractivity contribution >= 4 is 23.0 Å². The molecule has 1 aliphatic heterocycles. The van der Waals surface area contributed by atoms with Crippen LogP contribution in [0.1, 0.15) is 48.4 Å². The van der Waals surface area contributed by atoms with Crippen LogP contribution in [0.3, 0.4) is 0 Å². The molecule has 1 N–H and O–H groups in total. The van der Waals surface area contributed by atoms with E-state index < -0.39 is 0 Å². The number of hydrogen-bond acceptors (Lipinski definition) is 3. The molecule has 0 unspecified atom stereocenters. The van der Waals surface area contributed by atoms with Gasteiger partial charge in [0.25, 0.3) is 0 Å². The summed E-state index contributed by atoms with van der Waals surface area (Å²) in [5, 5.41) is 4.35. The fourth-order valence-electron chi connectivity index (χ4n) is 4.08. The van der Waals surface area contributed by atoms with Gasteiger partial charge < -0.3 is 15.0 Å². The summed E-state index contributed by atoms with van der Waals surface area (Å²) in [7, 11) is 0. The quantitative estimate of drug-likeness (QED) is 0.560. The lowest BCUT2D eigenvalue weighted by atomic mass is 9.97. The predicted octanol–water partition coefficient (Wildman–Crippen LogP) is 5.35. The number of thiocarbonyl (C=S) groups is 1. The van der Waals surface area contributed by atoms with Crippen molar-refractivity contribution in [2.75, 3.05) is 44.7 Å². The minimum absolute atomic E-state index is 0.493. The summed E-state index contributed by atoms with van der Waals surface area (Å²) < 4.78 is 5.48. The topological polar surface area (TPSA) is 27.7 Å². The third-order valence-electron chi connectivity index (χ3n) is 6.03. The van der Waals surface area contributed by atoms with Gasteiger partial charge in [0.2, 0.25) is 0 Å². The molecule has 0 bridgehead atoms. The first-order chi connectivity index (χ1) is 14.9. The lowest BCUT2D eigenvalue weighted by Crippen LogP contribution is -2.40. The molecule has 1 aliphatic rings. The Morgan fingerprint density at radius 2 is 1.81 bits per heavy atom. The Morgan fingerprint density at radius 1 is 1.10 bits per heavy atom. The molecule has 0 radical (unpaired) electrons. The summed E-state index contributed by atoms with van der Waals surface area (Å²) >= 11 is 5.90. The highest BCUT2D eigenvalue weighted by Gasteiger charge is 2.15. The summed E-state index contributed by atoms with van der Waals surface area (Å²) in [6, 6.07) is 15.2. The first-order valence-corrected chi connectivity index (χ1v) is 11.9. The first kappa shape index (κ1) is 23.7. The first-order valence-electron chi connectivity index (χ1n) is 11.4. The lowest BCUT2D eigenvalue weighted by Gasteiger charge is -2.30. The fourth-order valence-corrected chi connectivity index (χ4v) is 4.35. The highest BCUT2D eigenvalue weighted by molar-refractivity contribution is 7.80. The van der Waals surface area contributed by atoms with Crippen molar-refractivity contribution in [3.05, 3.63) is 64.7 Å². The van der Waals surface area contributed by atoms with Gasteiger partial charge in [-0.25, -0.2) is 0 Å². The van der Waals surface area contributed by atoms with Crippen LogP contribution in [-0.2, 0) is 11.3 Å². The van der Waals surface area contributed by atoms with Crippen LogP contribution < -0.4 is 5.32 Å². The number of benzene rings is 2. The third-order valence-corrected chi connectivity index (χ3v) is 6.39. The van der Waals surface area contributed by atoms with Crippen LogP contribution in [0, 0.1) is 13.8 Å². The molecule has 2 aromatic carbocycles. The number of ether oxygens (including phenoxy) is 1. The third kappa shape index (κ3) is 7.03. The van der Waals surface area contributed by atoms with E-state index in [1.165, 1.54) is 22.3 Å². The van der Waals surface area contributed by atoms with Gasteiger partial charge in [0.1, 0.15) is 0 Å². The van der Waals surface area contributed by atoms with E-state index in [-0.39, 0.29) is 0 Å². The van der Waals surface area contributed by atoms with Gasteiger partial charge in [-0.15, -0.1) is 0 Å². The van der Waals surface area contributed by atoms with Crippen LogP contribution in [0.5, 0.6) is 0 Å². The number of nitrogens with zero attached hydrogens (tertiary/aromatic N) is 2. The summed E-state index contributed by atoms with van der Waals surface area (Å²) in [5.74, 6) is 0.493. The Morgan fingerprint density at radius 3 is 2.48 bits per heavy atom. The number of rotatable bonds is 8. The van der Waals surface area contributed by atoms with E-state index in [1.807, 2.05) is 0 Å². The van der Waals surface area contributed by atoms with Crippen molar-refractivity contribution in [3.8, 4) is 0 Å². The smallest absolute Gasteiger partial charge is 0.173 e. The molecule has 0 aliphatic carbocycles. The monoisotopic (exact) mass is 439 g/mol. The molecule has 0 atom stereocenters. The highest BCUT2D eigenvalue weighted by atomic mass is 32.1. The molecular weight excluding hydrogens is 402 g/mol. The van der Waals surface area contributed by atoms with Gasteiger partial charge in [-0.3, -0.25) is 4.90 Å². The molecule has 0 saturated carbocycles. The molecule has 0 aromatic heterocycles. The van der Waals surface area contributed by atoms with Crippen LogP contribution in [0.25, 0.3) is 0 Å². The van der Waals surface area contributed by atoms with E-state index in [9.17, 15) is 0 Å². The van der Waals surface area contributed by atoms with Gasteiger partial charge >= 0.3 is 0 Å². The molecular formula is C26H37N3OS. The number of anilines is 1. The van der Waals surface area contributed by atoms with Crippen molar-refractivity contribution in [2.24, 2.45) is 0 Å². The average Bonchev–Trinajstić information content (AvgIpc) is 2.76. The maximum Gasteiger partial charge on any atom is 0.173 e. The summed E-state index contributed by atoms with van der Waals surface area (Å²) in [6.45, 7) is 15.4. The largest absolute Gasteiger partial charge is 0.379 e. The second kappa shape index (κ2) is 11.6. The lowest BCUT2D eigenvalue weighted by molar-refractivity contribution is 0.0368. The van der Waals surface area contributed by atoms with E-state index in [2.05, 4.69) is 85.3 Å². The Hall–Kier alpha value is -1.95. The molecule has 1 fully saturated rings. The molecule has 0 amide bonds. The highest BCUT2D eigenvalue weighted by Crippen LogP contribution is 2.25. The van der Waals surface area contributed by atoms with E-state index in [1.54, 1.807) is 0 Å². The fraction of sp³-hybridized carbons (Fsp3) is 0.500. The second-order valence-corrected chi connectivity index (χ2v) is 9.21.